The fourth-order valence-corrected chi connectivity index (χ4v) is 3.65. The zero-order valence-electron chi connectivity index (χ0n) is 16.9. The van der Waals surface area contributed by atoms with Crippen molar-refractivity contribution < 1.29 is 14.5 Å². The first kappa shape index (κ1) is 20.3. The Kier molecular flexibility index (Phi) is 5.24. The number of hydrogen-bond acceptors (Lipinski definition) is 4. The monoisotopic (exact) mass is 393 g/mol. The predicted molar refractivity (Wildman–Crippen MR) is 110 cm³/mol. The van der Waals surface area contributed by atoms with Crippen molar-refractivity contribution >= 4 is 23.6 Å². The molecule has 7 heteroatoms. The van der Waals surface area contributed by atoms with Gasteiger partial charge in [-0.2, -0.15) is 0 Å². The fourth-order valence-electron chi connectivity index (χ4n) is 3.65. The van der Waals surface area contributed by atoms with Crippen molar-refractivity contribution in [3.8, 4) is 0 Å². The molecule has 3 rings (SSSR count). The standard InChI is InChI=1S/C22H23N3O4/c1-15-9-8-12-18(25(28)29)17(15)13-19-20(26)24(4)22(2,21(27)23(19)3)14-16-10-6-5-7-11-16/h5-13H,14H2,1-4H3. The molecule has 0 aromatic heterocycles. The highest BCUT2D eigenvalue weighted by Crippen LogP contribution is 2.33. The molecule has 0 N–H and O–H groups in total. The highest BCUT2D eigenvalue weighted by Gasteiger charge is 2.48. The summed E-state index contributed by atoms with van der Waals surface area (Å²) in [5, 5.41) is 11.4. The van der Waals surface area contributed by atoms with Gasteiger partial charge < -0.3 is 9.80 Å². The second kappa shape index (κ2) is 7.50. The number of nitro groups is 1. The number of hydrogen-bond donors (Lipinski definition) is 0. The van der Waals surface area contributed by atoms with E-state index in [1.165, 1.54) is 29.0 Å². The van der Waals surface area contributed by atoms with Crippen LogP contribution in [0.25, 0.3) is 6.08 Å². The minimum absolute atomic E-state index is 0.105. The summed E-state index contributed by atoms with van der Waals surface area (Å²) in [6, 6.07) is 14.2. The quantitative estimate of drug-likeness (QED) is 0.454. The van der Waals surface area contributed by atoms with Crippen LogP contribution in [0.15, 0.2) is 54.2 Å². The number of amides is 2. The maximum absolute atomic E-state index is 13.3. The van der Waals surface area contributed by atoms with Crippen LogP contribution in [0.5, 0.6) is 0 Å². The second-order valence-corrected chi connectivity index (χ2v) is 7.46. The molecule has 2 amide bonds. The molecular weight excluding hydrogens is 370 g/mol. The van der Waals surface area contributed by atoms with Gasteiger partial charge in [0, 0.05) is 26.6 Å². The molecule has 0 bridgehead atoms. The molecule has 0 aliphatic carbocycles. The summed E-state index contributed by atoms with van der Waals surface area (Å²) in [6.45, 7) is 3.47. The number of carbonyl (C=O) groups is 2. The van der Waals surface area contributed by atoms with Crippen molar-refractivity contribution in [3.05, 3.63) is 81.0 Å². The lowest BCUT2D eigenvalue weighted by molar-refractivity contribution is -0.385. The third-order valence-electron chi connectivity index (χ3n) is 5.56. The molecule has 0 saturated carbocycles. The van der Waals surface area contributed by atoms with Crippen molar-refractivity contribution in [3.63, 3.8) is 0 Å². The molecule has 1 atom stereocenters. The van der Waals surface area contributed by atoms with Crippen LogP contribution in [0, 0.1) is 17.0 Å². The molecule has 1 fully saturated rings. The molecule has 29 heavy (non-hydrogen) atoms. The third kappa shape index (κ3) is 3.51. The van der Waals surface area contributed by atoms with Gasteiger partial charge in [-0.1, -0.05) is 42.5 Å². The summed E-state index contributed by atoms with van der Waals surface area (Å²) in [4.78, 5) is 40.1. The number of likely N-dealkylation sites (N-methyl/N-ethyl adjacent to an activating group) is 2. The molecule has 7 nitrogen and oxygen atoms in total. The van der Waals surface area contributed by atoms with Gasteiger partial charge in [-0.25, -0.2) is 0 Å². The highest BCUT2D eigenvalue weighted by molar-refractivity contribution is 6.09. The molecule has 1 saturated heterocycles. The highest BCUT2D eigenvalue weighted by atomic mass is 16.6. The maximum atomic E-state index is 13.3. The van der Waals surface area contributed by atoms with E-state index in [1.807, 2.05) is 30.3 Å². The maximum Gasteiger partial charge on any atom is 0.276 e. The zero-order valence-corrected chi connectivity index (χ0v) is 16.9. The number of nitrogens with zero attached hydrogens (tertiary/aromatic N) is 3. The average molecular weight is 393 g/mol. The SMILES string of the molecule is Cc1cccc([N+](=O)[O-])c1C=C1C(=O)N(C)C(C)(Cc2ccccc2)C(=O)N1C. The van der Waals surface area contributed by atoms with Crippen molar-refractivity contribution in [2.45, 2.75) is 25.8 Å². The molecule has 1 aliphatic rings. The topological polar surface area (TPSA) is 83.8 Å². The van der Waals surface area contributed by atoms with E-state index in [0.717, 1.165) is 5.56 Å². The van der Waals surface area contributed by atoms with Crippen molar-refractivity contribution in [2.75, 3.05) is 14.1 Å². The lowest BCUT2D eigenvalue weighted by Crippen LogP contribution is -2.64. The van der Waals surface area contributed by atoms with Gasteiger partial charge in [-0.05, 0) is 31.1 Å². The van der Waals surface area contributed by atoms with E-state index in [2.05, 4.69) is 0 Å². The van der Waals surface area contributed by atoms with E-state index in [1.54, 1.807) is 33.0 Å². The first-order valence-electron chi connectivity index (χ1n) is 9.23. The Morgan fingerprint density at radius 2 is 1.72 bits per heavy atom. The van der Waals surface area contributed by atoms with E-state index < -0.39 is 10.5 Å². The van der Waals surface area contributed by atoms with Crippen LogP contribution < -0.4 is 0 Å². The van der Waals surface area contributed by atoms with Crippen LogP contribution in [-0.4, -0.2) is 46.2 Å². The zero-order chi connectivity index (χ0) is 21.3. The smallest absolute Gasteiger partial charge is 0.276 e. The number of benzene rings is 2. The summed E-state index contributed by atoms with van der Waals surface area (Å²) in [5.74, 6) is -0.603. The van der Waals surface area contributed by atoms with E-state index in [9.17, 15) is 19.7 Å². The summed E-state index contributed by atoms with van der Waals surface area (Å²) >= 11 is 0. The Labute approximate surface area is 169 Å². The van der Waals surface area contributed by atoms with E-state index >= 15 is 0 Å². The fraction of sp³-hybridized carbons (Fsp3) is 0.273. The number of rotatable bonds is 4. The average Bonchev–Trinajstić information content (AvgIpc) is 2.70. The van der Waals surface area contributed by atoms with Gasteiger partial charge in [0.2, 0.25) is 0 Å². The normalized spacial score (nSPS) is 21.0. The minimum atomic E-state index is -1.05. The Morgan fingerprint density at radius 1 is 1.07 bits per heavy atom. The molecule has 0 spiro atoms. The van der Waals surface area contributed by atoms with Gasteiger partial charge >= 0.3 is 0 Å². The first-order chi connectivity index (χ1) is 13.7. The molecule has 1 aliphatic heterocycles. The Morgan fingerprint density at radius 3 is 2.34 bits per heavy atom. The van der Waals surface area contributed by atoms with Gasteiger partial charge in [0.25, 0.3) is 17.5 Å². The van der Waals surface area contributed by atoms with Crippen molar-refractivity contribution in [2.24, 2.45) is 0 Å². The van der Waals surface area contributed by atoms with Crippen LogP contribution in [0.3, 0.4) is 0 Å². The minimum Gasteiger partial charge on any atom is -0.326 e. The predicted octanol–water partition coefficient (Wildman–Crippen LogP) is 3.18. The number of nitro benzene ring substituents is 1. The molecule has 1 unspecified atom stereocenters. The Hall–Kier alpha value is -3.48. The molecule has 150 valence electrons. The molecule has 0 radical (unpaired) electrons. The Bertz CT molecular complexity index is 1020. The number of carbonyl (C=O) groups excluding carboxylic acids is 2. The summed E-state index contributed by atoms with van der Waals surface area (Å²) in [5.41, 5.74) is 0.869. The van der Waals surface area contributed by atoms with E-state index in [-0.39, 0.29) is 23.2 Å². The summed E-state index contributed by atoms with van der Waals surface area (Å²) in [6.07, 6.45) is 1.81. The molecule has 1 heterocycles. The van der Waals surface area contributed by atoms with Crippen LogP contribution in [0.1, 0.15) is 23.6 Å². The van der Waals surface area contributed by atoms with Crippen molar-refractivity contribution in [1.29, 1.82) is 0 Å². The van der Waals surface area contributed by atoms with Crippen LogP contribution in [-0.2, 0) is 16.0 Å². The van der Waals surface area contributed by atoms with Gasteiger partial charge in [0.05, 0.1) is 10.5 Å². The lowest BCUT2D eigenvalue weighted by Gasteiger charge is -2.45. The summed E-state index contributed by atoms with van der Waals surface area (Å²) in [7, 11) is 3.13. The number of piperazine rings is 1. The van der Waals surface area contributed by atoms with Gasteiger partial charge in [-0.15, -0.1) is 0 Å². The summed E-state index contributed by atoms with van der Waals surface area (Å²) < 4.78 is 0. The van der Waals surface area contributed by atoms with Gasteiger partial charge in [0.1, 0.15) is 11.2 Å². The second-order valence-electron chi connectivity index (χ2n) is 7.46. The van der Waals surface area contributed by atoms with Crippen LogP contribution in [0.4, 0.5) is 5.69 Å². The molecule has 2 aromatic rings. The lowest BCUT2D eigenvalue weighted by atomic mass is 9.87. The van der Waals surface area contributed by atoms with Crippen molar-refractivity contribution in [1.82, 2.24) is 9.80 Å². The van der Waals surface area contributed by atoms with Gasteiger partial charge in [-0.3, -0.25) is 19.7 Å². The number of aryl methyl sites for hydroxylation is 1. The van der Waals surface area contributed by atoms with Gasteiger partial charge in [0.15, 0.2) is 0 Å². The first-order valence-corrected chi connectivity index (χ1v) is 9.23. The van der Waals surface area contributed by atoms with E-state index in [4.69, 9.17) is 0 Å². The third-order valence-corrected chi connectivity index (χ3v) is 5.56. The Balaban J connectivity index is 2.04. The van der Waals surface area contributed by atoms with E-state index in [0.29, 0.717) is 17.5 Å². The largest absolute Gasteiger partial charge is 0.326 e. The molecular formula is C22H23N3O4. The molecule has 2 aromatic carbocycles. The van der Waals surface area contributed by atoms with Crippen LogP contribution in [0.2, 0.25) is 0 Å². The van der Waals surface area contributed by atoms with Crippen LogP contribution >= 0.6 is 0 Å².